The van der Waals surface area contributed by atoms with Crippen molar-refractivity contribution >= 4 is 16.5 Å². The smallest absolute Gasteiger partial charge is 0.330 e. The second-order valence-electron chi connectivity index (χ2n) is 5.91. The number of hydrogen-bond acceptors (Lipinski definition) is 6. The lowest BCUT2D eigenvalue weighted by Crippen LogP contribution is -2.47. The van der Waals surface area contributed by atoms with Crippen LogP contribution in [0.2, 0.25) is 0 Å². The topological polar surface area (TPSA) is 63.4 Å². The zero-order valence-corrected chi connectivity index (χ0v) is 14.5. The summed E-state index contributed by atoms with van der Waals surface area (Å²) < 4.78 is 2.68. The van der Waals surface area contributed by atoms with Gasteiger partial charge in [0.05, 0.1) is 5.69 Å². The van der Waals surface area contributed by atoms with E-state index in [2.05, 4.69) is 20.2 Å². The van der Waals surface area contributed by atoms with E-state index in [1.807, 2.05) is 6.92 Å². The van der Waals surface area contributed by atoms with Crippen molar-refractivity contribution in [3.05, 3.63) is 43.7 Å². The van der Waals surface area contributed by atoms with Crippen LogP contribution in [0.25, 0.3) is 0 Å². The first kappa shape index (κ1) is 15.9. The molecule has 1 aliphatic rings. The molecule has 3 heterocycles. The van der Waals surface area contributed by atoms with Gasteiger partial charge in [-0.3, -0.25) is 18.8 Å². The molecule has 0 radical (unpaired) electrons. The predicted octanol–water partition coefficient (Wildman–Crippen LogP) is 0.171. The van der Waals surface area contributed by atoms with Crippen molar-refractivity contribution in [2.45, 2.75) is 13.5 Å². The van der Waals surface area contributed by atoms with Crippen LogP contribution >= 0.6 is 11.3 Å². The van der Waals surface area contributed by atoms with Crippen molar-refractivity contribution in [3.8, 4) is 0 Å². The molecule has 0 atom stereocenters. The van der Waals surface area contributed by atoms with E-state index in [4.69, 9.17) is 0 Å². The largest absolute Gasteiger partial charge is 0.346 e. The Balaban J connectivity index is 1.68. The summed E-state index contributed by atoms with van der Waals surface area (Å²) >= 11 is 1.68. The second-order valence-corrected chi connectivity index (χ2v) is 6.75. The van der Waals surface area contributed by atoms with E-state index in [-0.39, 0.29) is 11.2 Å². The quantitative estimate of drug-likeness (QED) is 0.800. The number of rotatable bonds is 3. The molecule has 0 aliphatic carbocycles. The summed E-state index contributed by atoms with van der Waals surface area (Å²) in [6, 6.07) is 1.55. The molecule has 0 unspecified atom stereocenters. The Labute approximate surface area is 138 Å². The van der Waals surface area contributed by atoms with Gasteiger partial charge in [-0.25, -0.2) is 9.78 Å². The molecule has 0 spiro atoms. The maximum atomic E-state index is 12.0. The first-order valence-corrected chi connectivity index (χ1v) is 8.49. The van der Waals surface area contributed by atoms with E-state index in [1.165, 1.54) is 7.05 Å². The SMILES string of the molecule is Cc1csc(N2CCN(Cc3cc(=O)n(C)c(=O)n3C)CC2)n1. The van der Waals surface area contributed by atoms with E-state index >= 15 is 0 Å². The van der Waals surface area contributed by atoms with Gasteiger partial charge in [-0.2, -0.15) is 0 Å². The lowest BCUT2D eigenvalue weighted by Gasteiger charge is -2.34. The van der Waals surface area contributed by atoms with Gasteiger partial charge < -0.3 is 4.90 Å². The highest BCUT2D eigenvalue weighted by Gasteiger charge is 2.20. The van der Waals surface area contributed by atoms with Crippen molar-refractivity contribution in [1.29, 1.82) is 0 Å². The molecule has 3 rings (SSSR count). The zero-order chi connectivity index (χ0) is 16.6. The Bertz CT molecular complexity index is 814. The van der Waals surface area contributed by atoms with Crippen LogP contribution in [0.4, 0.5) is 5.13 Å². The van der Waals surface area contributed by atoms with Crippen molar-refractivity contribution in [1.82, 2.24) is 19.0 Å². The van der Waals surface area contributed by atoms with Crippen LogP contribution in [0.1, 0.15) is 11.4 Å². The fourth-order valence-electron chi connectivity index (χ4n) is 2.74. The van der Waals surface area contributed by atoms with Gasteiger partial charge in [-0.1, -0.05) is 0 Å². The third-order valence-corrected chi connectivity index (χ3v) is 5.28. The van der Waals surface area contributed by atoms with Crippen LogP contribution in [0.3, 0.4) is 0 Å². The van der Waals surface area contributed by atoms with Crippen LogP contribution in [0.5, 0.6) is 0 Å². The molecule has 7 nitrogen and oxygen atoms in total. The average Bonchev–Trinajstić information content (AvgIpc) is 2.98. The van der Waals surface area contributed by atoms with Gasteiger partial charge in [0.2, 0.25) is 0 Å². The summed E-state index contributed by atoms with van der Waals surface area (Å²) in [6.07, 6.45) is 0. The number of aryl methyl sites for hydroxylation is 1. The minimum atomic E-state index is -0.274. The minimum absolute atomic E-state index is 0.250. The number of aromatic nitrogens is 3. The first-order chi connectivity index (χ1) is 11.0. The van der Waals surface area contributed by atoms with Crippen LogP contribution in [-0.4, -0.2) is 45.2 Å². The molecule has 2 aromatic rings. The van der Waals surface area contributed by atoms with Gasteiger partial charge in [0, 0.05) is 64.0 Å². The Morgan fingerprint density at radius 3 is 2.43 bits per heavy atom. The van der Waals surface area contributed by atoms with Crippen LogP contribution in [0.15, 0.2) is 21.0 Å². The molecule has 124 valence electrons. The molecular weight excluding hydrogens is 314 g/mol. The van der Waals surface area contributed by atoms with Crippen LogP contribution in [0, 0.1) is 6.92 Å². The number of anilines is 1. The third-order valence-electron chi connectivity index (χ3n) is 4.26. The maximum absolute atomic E-state index is 12.0. The molecule has 1 aliphatic heterocycles. The Morgan fingerprint density at radius 2 is 1.83 bits per heavy atom. The van der Waals surface area contributed by atoms with E-state index in [0.29, 0.717) is 6.54 Å². The van der Waals surface area contributed by atoms with Crippen LogP contribution < -0.4 is 16.1 Å². The Morgan fingerprint density at radius 1 is 1.13 bits per heavy atom. The highest BCUT2D eigenvalue weighted by atomic mass is 32.1. The van der Waals surface area contributed by atoms with Gasteiger partial charge in [0.15, 0.2) is 5.13 Å². The zero-order valence-electron chi connectivity index (χ0n) is 13.7. The minimum Gasteiger partial charge on any atom is -0.346 e. The molecule has 1 saturated heterocycles. The highest BCUT2D eigenvalue weighted by molar-refractivity contribution is 7.13. The molecular formula is C15H21N5O2S. The van der Waals surface area contributed by atoms with Gasteiger partial charge in [0.1, 0.15) is 0 Å². The van der Waals surface area contributed by atoms with E-state index in [0.717, 1.165) is 47.3 Å². The third kappa shape index (κ3) is 3.23. The molecule has 0 N–H and O–H groups in total. The summed E-state index contributed by atoms with van der Waals surface area (Å²) in [6.45, 7) is 6.22. The maximum Gasteiger partial charge on any atom is 0.330 e. The van der Waals surface area contributed by atoms with Crippen LogP contribution in [-0.2, 0) is 20.6 Å². The van der Waals surface area contributed by atoms with Gasteiger partial charge >= 0.3 is 5.69 Å². The molecule has 0 bridgehead atoms. The monoisotopic (exact) mass is 335 g/mol. The summed E-state index contributed by atoms with van der Waals surface area (Å²) in [5.74, 6) is 0. The summed E-state index contributed by atoms with van der Waals surface area (Å²) in [5.41, 5.74) is 1.29. The standard InChI is InChI=1S/C15H21N5O2S/c1-11-10-23-14(16-11)20-6-4-19(5-7-20)9-12-8-13(21)18(3)15(22)17(12)2/h8,10H,4-7,9H2,1-3H3. The second kappa shape index (κ2) is 6.29. The Kier molecular flexibility index (Phi) is 4.36. The van der Waals surface area contributed by atoms with Gasteiger partial charge in [-0.05, 0) is 6.92 Å². The molecule has 0 saturated carbocycles. The van der Waals surface area contributed by atoms with E-state index in [1.54, 1.807) is 29.0 Å². The summed E-state index contributed by atoms with van der Waals surface area (Å²) in [7, 11) is 3.22. The number of hydrogen-bond donors (Lipinski definition) is 0. The van der Waals surface area contributed by atoms with E-state index in [9.17, 15) is 9.59 Å². The fraction of sp³-hybridized carbons (Fsp3) is 0.533. The summed E-state index contributed by atoms with van der Waals surface area (Å²) in [5, 5.41) is 3.14. The van der Waals surface area contributed by atoms with Crippen molar-refractivity contribution in [2.75, 3.05) is 31.1 Å². The molecule has 0 amide bonds. The van der Waals surface area contributed by atoms with Gasteiger partial charge in [-0.15, -0.1) is 11.3 Å². The lowest BCUT2D eigenvalue weighted by atomic mass is 10.3. The predicted molar refractivity (Wildman–Crippen MR) is 91.3 cm³/mol. The van der Waals surface area contributed by atoms with Crippen molar-refractivity contribution < 1.29 is 0 Å². The molecule has 8 heteroatoms. The van der Waals surface area contributed by atoms with Crippen molar-refractivity contribution in [2.24, 2.45) is 14.1 Å². The first-order valence-electron chi connectivity index (χ1n) is 7.61. The average molecular weight is 335 g/mol. The number of piperazine rings is 1. The fourth-order valence-corrected chi connectivity index (χ4v) is 3.60. The van der Waals surface area contributed by atoms with Gasteiger partial charge in [0.25, 0.3) is 5.56 Å². The molecule has 2 aromatic heterocycles. The highest BCUT2D eigenvalue weighted by Crippen LogP contribution is 2.21. The molecule has 0 aromatic carbocycles. The number of nitrogens with zero attached hydrogens (tertiary/aromatic N) is 5. The summed E-state index contributed by atoms with van der Waals surface area (Å²) in [4.78, 5) is 32.9. The normalized spacial score (nSPS) is 16.0. The van der Waals surface area contributed by atoms with Crippen molar-refractivity contribution in [3.63, 3.8) is 0 Å². The Hall–Kier alpha value is -1.93. The lowest BCUT2D eigenvalue weighted by molar-refractivity contribution is 0.243. The van der Waals surface area contributed by atoms with E-state index < -0.39 is 0 Å². The molecule has 23 heavy (non-hydrogen) atoms. The molecule has 1 fully saturated rings. The number of thiazole rings is 1.